The van der Waals surface area contributed by atoms with E-state index in [9.17, 15) is 9.59 Å². The third-order valence-electron chi connectivity index (χ3n) is 6.26. The SMILES string of the molecule is COC(=O)[C@H](Cc1cccc(C(=N)N)c1)[C@@H](/C=C/c1ccccc1)NC(=O)c1cccc2ccccc12. The van der Waals surface area contributed by atoms with Crippen molar-refractivity contribution < 1.29 is 14.3 Å². The Hall–Kier alpha value is -4.71. The summed E-state index contributed by atoms with van der Waals surface area (Å²) in [6.45, 7) is 0. The molecule has 0 unspecified atom stereocenters. The van der Waals surface area contributed by atoms with E-state index >= 15 is 0 Å². The maximum Gasteiger partial charge on any atom is 0.311 e. The number of nitrogen functional groups attached to an aromatic ring is 1. The smallest absolute Gasteiger partial charge is 0.311 e. The largest absolute Gasteiger partial charge is 0.469 e. The molecule has 37 heavy (non-hydrogen) atoms. The van der Waals surface area contributed by atoms with Gasteiger partial charge < -0.3 is 15.8 Å². The second-order valence-corrected chi connectivity index (χ2v) is 8.74. The van der Waals surface area contributed by atoms with Crippen LogP contribution in [-0.4, -0.2) is 30.9 Å². The standard InChI is InChI=1S/C31H29N3O3/c1-37-31(36)27(20-22-11-7-14-24(19-22)29(32)33)28(18-17-21-9-3-2-4-10-21)34-30(35)26-16-8-13-23-12-5-6-15-25(23)26/h2-19,27-28H,20H2,1H3,(H3,32,33)(H,34,35)/b18-17+/t27-,28-/m1/s1. The van der Waals surface area contributed by atoms with Gasteiger partial charge in [-0.1, -0.05) is 97.1 Å². The molecule has 2 atom stereocenters. The van der Waals surface area contributed by atoms with Gasteiger partial charge in [-0.15, -0.1) is 0 Å². The first-order valence-corrected chi connectivity index (χ1v) is 12.0. The Bertz CT molecular complexity index is 1440. The molecule has 4 rings (SSSR count). The van der Waals surface area contributed by atoms with E-state index in [0.717, 1.165) is 21.9 Å². The quantitative estimate of drug-likeness (QED) is 0.175. The average Bonchev–Trinajstić information content (AvgIpc) is 2.94. The zero-order chi connectivity index (χ0) is 26.2. The number of carbonyl (C=O) groups is 2. The van der Waals surface area contributed by atoms with E-state index < -0.39 is 17.9 Å². The molecule has 6 nitrogen and oxygen atoms in total. The highest BCUT2D eigenvalue weighted by Gasteiger charge is 2.30. The van der Waals surface area contributed by atoms with E-state index in [1.807, 2.05) is 84.9 Å². The van der Waals surface area contributed by atoms with Crippen LogP contribution in [0.15, 0.2) is 103 Å². The molecular formula is C31H29N3O3. The number of nitrogens with one attached hydrogen (secondary N) is 2. The topological polar surface area (TPSA) is 105 Å². The third-order valence-corrected chi connectivity index (χ3v) is 6.26. The molecular weight excluding hydrogens is 462 g/mol. The fourth-order valence-corrected chi connectivity index (χ4v) is 4.34. The highest BCUT2D eigenvalue weighted by atomic mass is 16.5. The van der Waals surface area contributed by atoms with Crippen molar-refractivity contribution in [1.82, 2.24) is 5.32 Å². The minimum atomic E-state index is -0.717. The molecule has 0 aliphatic rings. The van der Waals surface area contributed by atoms with Crippen molar-refractivity contribution in [3.63, 3.8) is 0 Å². The Morgan fingerprint density at radius 3 is 2.41 bits per heavy atom. The van der Waals surface area contributed by atoms with Crippen molar-refractivity contribution in [2.75, 3.05) is 7.11 Å². The van der Waals surface area contributed by atoms with Crippen LogP contribution in [0.3, 0.4) is 0 Å². The number of amidine groups is 1. The molecule has 0 aliphatic carbocycles. The van der Waals surface area contributed by atoms with E-state index in [1.165, 1.54) is 7.11 Å². The average molecular weight is 492 g/mol. The normalized spacial score (nSPS) is 12.7. The molecule has 0 saturated heterocycles. The van der Waals surface area contributed by atoms with Crippen LogP contribution < -0.4 is 11.1 Å². The first kappa shape index (κ1) is 25.4. The van der Waals surface area contributed by atoms with E-state index in [-0.39, 0.29) is 18.2 Å². The first-order valence-electron chi connectivity index (χ1n) is 12.0. The number of nitrogens with two attached hydrogens (primary N) is 1. The molecule has 6 heteroatoms. The summed E-state index contributed by atoms with van der Waals surface area (Å²) < 4.78 is 5.16. The van der Waals surface area contributed by atoms with E-state index in [4.69, 9.17) is 15.9 Å². The van der Waals surface area contributed by atoms with Crippen LogP contribution in [0.2, 0.25) is 0 Å². The number of amides is 1. The molecule has 0 spiro atoms. The summed E-state index contributed by atoms with van der Waals surface area (Å²) in [5.41, 5.74) is 8.51. The van der Waals surface area contributed by atoms with Gasteiger partial charge in [0.25, 0.3) is 5.91 Å². The number of fused-ring (bicyclic) bond motifs is 1. The maximum absolute atomic E-state index is 13.5. The van der Waals surface area contributed by atoms with Gasteiger partial charge in [-0.25, -0.2) is 0 Å². The van der Waals surface area contributed by atoms with Crippen LogP contribution in [-0.2, 0) is 16.0 Å². The summed E-state index contributed by atoms with van der Waals surface area (Å²) in [4.78, 5) is 26.6. The second-order valence-electron chi connectivity index (χ2n) is 8.74. The van der Waals surface area contributed by atoms with Crippen LogP contribution in [0.25, 0.3) is 16.8 Å². The number of esters is 1. The maximum atomic E-state index is 13.5. The highest BCUT2D eigenvalue weighted by molar-refractivity contribution is 6.07. The molecule has 1 amide bonds. The first-order chi connectivity index (χ1) is 18.0. The summed E-state index contributed by atoms with van der Waals surface area (Å²) in [6, 6.07) is 29.5. The van der Waals surface area contributed by atoms with Gasteiger partial charge in [0.2, 0.25) is 0 Å². The summed E-state index contributed by atoms with van der Waals surface area (Å²) >= 11 is 0. The second kappa shape index (κ2) is 11.8. The summed E-state index contributed by atoms with van der Waals surface area (Å²) in [5.74, 6) is -1.51. The molecule has 186 valence electrons. The minimum Gasteiger partial charge on any atom is -0.469 e. The van der Waals surface area contributed by atoms with Gasteiger partial charge >= 0.3 is 5.97 Å². The minimum absolute atomic E-state index is 0.0544. The predicted molar refractivity (Wildman–Crippen MR) is 147 cm³/mol. The van der Waals surface area contributed by atoms with Crippen molar-refractivity contribution in [2.24, 2.45) is 11.7 Å². The molecule has 4 N–H and O–H groups in total. The molecule has 0 aliphatic heterocycles. The molecule has 0 heterocycles. The van der Waals surface area contributed by atoms with Crippen molar-refractivity contribution in [1.29, 1.82) is 5.41 Å². The zero-order valence-electron chi connectivity index (χ0n) is 20.6. The van der Waals surface area contributed by atoms with Gasteiger partial charge in [-0.3, -0.25) is 15.0 Å². The van der Waals surface area contributed by atoms with Gasteiger partial charge in [-0.05, 0) is 40.5 Å². The lowest BCUT2D eigenvalue weighted by Crippen LogP contribution is -2.43. The predicted octanol–water partition coefficient (Wildman–Crippen LogP) is 4.97. The lowest BCUT2D eigenvalue weighted by Gasteiger charge is -2.24. The van der Waals surface area contributed by atoms with Gasteiger partial charge in [-0.2, -0.15) is 0 Å². The third kappa shape index (κ3) is 6.30. The Kier molecular flexibility index (Phi) is 8.11. The number of hydrogen-bond donors (Lipinski definition) is 3. The van der Waals surface area contributed by atoms with E-state index in [1.54, 1.807) is 24.3 Å². The number of methoxy groups -OCH3 is 1. The summed E-state index contributed by atoms with van der Waals surface area (Å²) in [5, 5.41) is 12.6. The number of benzene rings is 4. The summed E-state index contributed by atoms with van der Waals surface area (Å²) in [7, 11) is 1.34. The van der Waals surface area contributed by atoms with Crippen LogP contribution in [0.5, 0.6) is 0 Å². The van der Waals surface area contributed by atoms with Gasteiger partial charge in [0.1, 0.15) is 5.84 Å². The van der Waals surface area contributed by atoms with Crippen molar-refractivity contribution in [3.05, 3.63) is 125 Å². The zero-order valence-corrected chi connectivity index (χ0v) is 20.6. The van der Waals surface area contributed by atoms with Gasteiger partial charge in [0, 0.05) is 11.1 Å². The fraction of sp³-hybridized carbons (Fsp3) is 0.129. The molecule has 4 aromatic carbocycles. The van der Waals surface area contributed by atoms with Crippen LogP contribution >= 0.6 is 0 Å². The number of carbonyl (C=O) groups excluding carboxylic acids is 2. The molecule has 0 aromatic heterocycles. The van der Waals surface area contributed by atoms with Gasteiger partial charge in [0.05, 0.1) is 19.1 Å². The monoisotopic (exact) mass is 491 g/mol. The van der Waals surface area contributed by atoms with Crippen molar-refractivity contribution in [3.8, 4) is 0 Å². The van der Waals surface area contributed by atoms with Crippen molar-refractivity contribution in [2.45, 2.75) is 12.5 Å². The highest BCUT2D eigenvalue weighted by Crippen LogP contribution is 2.22. The van der Waals surface area contributed by atoms with Crippen molar-refractivity contribution >= 4 is 34.6 Å². The van der Waals surface area contributed by atoms with E-state index in [2.05, 4.69) is 5.32 Å². The fourth-order valence-electron chi connectivity index (χ4n) is 4.34. The van der Waals surface area contributed by atoms with Gasteiger partial charge in [0.15, 0.2) is 0 Å². The van der Waals surface area contributed by atoms with Crippen LogP contribution in [0, 0.1) is 11.3 Å². The molecule has 0 radical (unpaired) electrons. The Balaban J connectivity index is 1.71. The summed E-state index contributed by atoms with van der Waals surface area (Å²) in [6.07, 6.45) is 4.00. The molecule has 0 fully saturated rings. The van der Waals surface area contributed by atoms with E-state index in [0.29, 0.717) is 11.1 Å². The lowest BCUT2D eigenvalue weighted by atomic mass is 9.90. The Morgan fingerprint density at radius 1 is 0.946 bits per heavy atom. The van der Waals surface area contributed by atoms with Crippen LogP contribution in [0.1, 0.15) is 27.0 Å². The number of ether oxygens (including phenoxy) is 1. The molecule has 4 aromatic rings. The Morgan fingerprint density at radius 2 is 1.65 bits per heavy atom. The lowest BCUT2D eigenvalue weighted by molar-refractivity contribution is -0.145. The Labute approximate surface area is 216 Å². The number of rotatable bonds is 9. The molecule has 0 saturated carbocycles. The molecule has 0 bridgehead atoms. The van der Waals surface area contributed by atoms with Crippen LogP contribution in [0.4, 0.5) is 0 Å². The number of hydrogen-bond acceptors (Lipinski definition) is 4.